The number of rotatable bonds is 2. The van der Waals surface area contributed by atoms with Gasteiger partial charge in [0.15, 0.2) is 11.2 Å². The number of aromatic nitrogens is 1. The summed E-state index contributed by atoms with van der Waals surface area (Å²) < 4.78 is 5.70. The molecule has 0 radical (unpaired) electrons. The van der Waals surface area contributed by atoms with Gasteiger partial charge in [0.05, 0.1) is 12.0 Å². The van der Waals surface area contributed by atoms with Gasteiger partial charge in [-0.25, -0.2) is 0 Å². The summed E-state index contributed by atoms with van der Waals surface area (Å²) in [6, 6.07) is 12.0. The molecule has 0 atom stereocenters. The maximum Gasteiger partial charge on any atom is 0.193 e. The number of benzene rings is 1. The van der Waals surface area contributed by atoms with Gasteiger partial charge in [-0.15, -0.1) is 0 Å². The minimum Gasteiger partial charge on any atom is -0.454 e. The van der Waals surface area contributed by atoms with Crippen LogP contribution in [0.1, 0.15) is 5.56 Å². The monoisotopic (exact) mass is 253 g/mol. The van der Waals surface area contributed by atoms with Crippen molar-refractivity contribution in [3.63, 3.8) is 0 Å². The molecule has 0 bridgehead atoms. The molecule has 0 saturated heterocycles. The van der Waals surface area contributed by atoms with Crippen LogP contribution in [0.5, 0.6) is 0 Å². The molecule has 0 amide bonds. The van der Waals surface area contributed by atoms with E-state index in [0.717, 1.165) is 0 Å². The lowest BCUT2D eigenvalue weighted by molar-refractivity contribution is 0.283. The van der Waals surface area contributed by atoms with Crippen LogP contribution in [0.4, 0.5) is 0 Å². The first-order chi connectivity index (χ1) is 9.29. The van der Waals surface area contributed by atoms with E-state index in [-0.39, 0.29) is 12.0 Å². The average molecular weight is 253 g/mol. The number of aliphatic hydroxyl groups is 1. The molecule has 1 aromatic carbocycles. The molecule has 94 valence electrons. The smallest absolute Gasteiger partial charge is 0.193 e. The van der Waals surface area contributed by atoms with Crippen LogP contribution in [0.25, 0.3) is 22.4 Å². The van der Waals surface area contributed by atoms with Crippen LogP contribution < -0.4 is 5.43 Å². The Hall–Kier alpha value is -2.46. The molecule has 0 aliphatic heterocycles. The average Bonchev–Trinajstić information content (AvgIpc) is 2.47. The number of pyridine rings is 1. The van der Waals surface area contributed by atoms with Gasteiger partial charge < -0.3 is 9.52 Å². The normalized spacial score (nSPS) is 10.8. The van der Waals surface area contributed by atoms with Crippen LogP contribution in [0.3, 0.4) is 0 Å². The van der Waals surface area contributed by atoms with Crippen molar-refractivity contribution in [1.82, 2.24) is 4.98 Å². The Morgan fingerprint density at radius 3 is 2.79 bits per heavy atom. The van der Waals surface area contributed by atoms with E-state index < -0.39 is 0 Å². The maximum atomic E-state index is 12.2. The topological polar surface area (TPSA) is 63.3 Å². The molecule has 3 rings (SSSR count). The van der Waals surface area contributed by atoms with Gasteiger partial charge in [-0.05, 0) is 23.8 Å². The van der Waals surface area contributed by atoms with Crippen LogP contribution in [-0.2, 0) is 6.61 Å². The standard InChI is InChI=1S/C15H11NO3/c17-9-10-4-3-6-13-15(10)12(18)8-14(19-13)11-5-1-2-7-16-11/h1-8,17H,9H2. The van der Waals surface area contributed by atoms with Crippen molar-refractivity contribution in [3.05, 3.63) is 64.4 Å². The molecule has 0 aliphatic carbocycles. The van der Waals surface area contributed by atoms with Crippen LogP contribution >= 0.6 is 0 Å². The summed E-state index contributed by atoms with van der Waals surface area (Å²) in [5.74, 6) is 0.424. The number of hydrogen-bond donors (Lipinski definition) is 1. The van der Waals surface area contributed by atoms with Crippen molar-refractivity contribution >= 4 is 11.0 Å². The largest absolute Gasteiger partial charge is 0.454 e. The Bertz CT molecular complexity index is 778. The zero-order chi connectivity index (χ0) is 13.2. The summed E-state index contributed by atoms with van der Waals surface area (Å²) in [5.41, 5.74) is 1.46. The van der Waals surface area contributed by atoms with E-state index in [1.807, 2.05) is 6.07 Å². The molecule has 0 unspecified atom stereocenters. The van der Waals surface area contributed by atoms with E-state index >= 15 is 0 Å². The Morgan fingerprint density at radius 2 is 2.05 bits per heavy atom. The summed E-state index contributed by atoms with van der Waals surface area (Å²) in [6.07, 6.45) is 1.64. The van der Waals surface area contributed by atoms with E-state index in [4.69, 9.17) is 4.42 Å². The van der Waals surface area contributed by atoms with Gasteiger partial charge in [0.1, 0.15) is 11.3 Å². The molecule has 0 fully saturated rings. The second-order valence-corrected chi connectivity index (χ2v) is 4.14. The molecule has 0 aliphatic rings. The van der Waals surface area contributed by atoms with Crippen molar-refractivity contribution in [3.8, 4) is 11.5 Å². The minimum atomic E-state index is -0.189. The first-order valence-corrected chi connectivity index (χ1v) is 5.87. The fraction of sp³-hybridized carbons (Fsp3) is 0.0667. The quantitative estimate of drug-likeness (QED) is 0.761. The molecule has 4 heteroatoms. The lowest BCUT2D eigenvalue weighted by atomic mass is 10.1. The number of nitrogens with zero attached hydrogens (tertiary/aromatic N) is 1. The molecule has 2 heterocycles. The highest BCUT2D eigenvalue weighted by Gasteiger charge is 2.10. The third-order valence-corrected chi connectivity index (χ3v) is 2.93. The SMILES string of the molecule is O=c1cc(-c2ccccn2)oc2cccc(CO)c12. The highest BCUT2D eigenvalue weighted by Crippen LogP contribution is 2.22. The molecule has 0 spiro atoms. The minimum absolute atomic E-state index is 0.174. The van der Waals surface area contributed by atoms with Crippen molar-refractivity contribution in [2.75, 3.05) is 0 Å². The van der Waals surface area contributed by atoms with Gasteiger partial charge in [-0.2, -0.15) is 0 Å². The molecule has 3 aromatic rings. The summed E-state index contributed by atoms with van der Waals surface area (Å²) in [6.45, 7) is -0.189. The van der Waals surface area contributed by atoms with Crippen molar-refractivity contribution in [1.29, 1.82) is 0 Å². The summed E-state index contributed by atoms with van der Waals surface area (Å²) >= 11 is 0. The highest BCUT2D eigenvalue weighted by atomic mass is 16.3. The second kappa shape index (κ2) is 4.66. The second-order valence-electron chi connectivity index (χ2n) is 4.14. The van der Waals surface area contributed by atoms with Gasteiger partial charge in [0.2, 0.25) is 0 Å². The Balaban J connectivity index is 2.30. The van der Waals surface area contributed by atoms with Gasteiger partial charge in [0.25, 0.3) is 0 Å². The van der Waals surface area contributed by atoms with Gasteiger partial charge >= 0.3 is 0 Å². The first-order valence-electron chi connectivity index (χ1n) is 5.87. The van der Waals surface area contributed by atoms with E-state index in [2.05, 4.69) is 4.98 Å². The summed E-state index contributed by atoms with van der Waals surface area (Å²) in [5, 5.41) is 9.67. The lowest BCUT2D eigenvalue weighted by Gasteiger charge is -2.05. The van der Waals surface area contributed by atoms with Crippen LogP contribution in [-0.4, -0.2) is 10.1 Å². The third kappa shape index (κ3) is 2.02. The van der Waals surface area contributed by atoms with E-state index in [9.17, 15) is 9.90 Å². The van der Waals surface area contributed by atoms with Gasteiger partial charge in [0, 0.05) is 12.3 Å². The molecular weight excluding hydrogens is 242 g/mol. The highest BCUT2D eigenvalue weighted by molar-refractivity contribution is 5.81. The molecule has 4 nitrogen and oxygen atoms in total. The predicted molar refractivity (Wildman–Crippen MR) is 71.6 cm³/mol. The number of aliphatic hydroxyl groups excluding tert-OH is 1. The fourth-order valence-corrected chi connectivity index (χ4v) is 2.05. The van der Waals surface area contributed by atoms with Gasteiger partial charge in [-0.3, -0.25) is 9.78 Å². The van der Waals surface area contributed by atoms with Gasteiger partial charge in [-0.1, -0.05) is 18.2 Å². The van der Waals surface area contributed by atoms with E-state index in [1.165, 1.54) is 6.07 Å². The Morgan fingerprint density at radius 1 is 1.16 bits per heavy atom. The zero-order valence-corrected chi connectivity index (χ0v) is 10.0. The van der Waals surface area contributed by atoms with Crippen molar-refractivity contribution in [2.24, 2.45) is 0 Å². The molecular formula is C15H11NO3. The lowest BCUT2D eigenvalue weighted by Crippen LogP contribution is -2.04. The predicted octanol–water partition coefficient (Wildman–Crippen LogP) is 2.35. The van der Waals surface area contributed by atoms with Crippen LogP contribution in [0, 0.1) is 0 Å². The van der Waals surface area contributed by atoms with Crippen molar-refractivity contribution in [2.45, 2.75) is 6.61 Å². The van der Waals surface area contributed by atoms with E-state index in [1.54, 1.807) is 36.5 Å². The Labute approximate surface area is 109 Å². The summed E-state index contributed by atoms with van der Waals surface area (Å²) in [7, 11) is 0. The first kappa shape index (κ1) is 11.6. The number of fused-ring (bicyclic) bond motifs is 1. The summed E-state index contributed by atoms with van der Waals surface area (Å²) in [4.78, 5) is 16.3. The maximum absolute atomic E-state index is 12.2. The Kier molecular flexibility index (Phi) is 2.85. The third-order valence-electron chi connectivity index (χ3n) is 2.93. The van der Waals surface area contributed by atoms with E-state index in [0.29, 0.717) is 28.0 Å². The molecule has 19 heavy (non-hydrogen) atoms. The van der Waals surface area contributed by atoms with Crippen LogP contribution in [0.2, 0.25) is 0 Å². The fourth-order valence-electron chi connectivity index (χ4n) is 2.05. The van der Waals surface area contributed by atoms with Crippen molar-refractivity contribution < 1.29 is 9.52 Å². The van der Waals surface area contributed by atoms with Crippen LogP contribution in [0.15, 0.2) is 57.9 Å². The molecule has 1 N–H and O–H groups in total. The zero-order valence-electron chi connectivity index (χ0n) is 10.0. The molecule has 2 aromatic heterocycles. The number of hydrogen-bond acceptors (Lipinski definition) is 4. The molecule has 0 saturated carbocycles.